The summed E-state index contributed by atoms with van der Waals surface area (Å²) in [6.07, 6.45) is 7.19. The van der Waals surface area contributed by atoms with Gasteiger partial charge in [-0.05, 0) is 75.8 Å². The number of hydrogen-bond acceptors (Lipinski definition) is 6. The molecular formula is C27H29N5O2. The van der Waals surface area contributed by atoms with E-state index in [1.165, 1.54) is 0 Å². The van der Waals surface area contributed by atoms with Crippen LogP contribution in [0, 0.1) is 12.8 Å². The summed E-state index contributed by atoms with van der Waals surface area (Å²) in [5, 5.41) is 0.745. The standard InChI is InChI=1S/C27H29N5O2/c1-17-4-3-5-23(32-17)25-24(30-16-31-25)19-6-7-22-21(14-19)20(10-13-29-22)26(33)34-15-18-8-11-27(2,28)12-9-18/h3-7,10,13-14,16,18H,8-9,11-12,15,28H2,1-2H3,(H,30,31)/t18-,27-. The Bertz CT molecular complexity index is 1330. The van der Waals surface area contributed by atoms with Gasteiger partial charge in [-0.2, -0.15) is 0 Å². The first-order valence-electron chi connectivity index (χ1n) is 11.7. The molecule has 7 nitrogen and oxygen atoms in total. The number of pyridine rings is 2. The lowest BCUT2D eigenvalue weighted by molar-refractivity contribution is 0.0393. The molecule has 1 saturated carbocycles. The number of nitrogens with two attached hydrogens (primary N) is 1. The number of aromatic nitrogens is 4. The quantitative estimate of drug-likeness (QED) is 0.407. The van der Waals surface area contributed by atoms with Crippen molar-refractivity contribution in [1.82, 2.24) is 19.9 Å². The molecule has 0 amide bonds. The molecule has 3 aromatic heterocycles. The van der Waals surface area contributed by atoms with Gasteiger partial charge in [-0.1, -0.05) is 12.1 Å². The highest BCUT2D eigenvalue weighted by Crippen LogP contribution is 2.32. The maximum absolute atomic E-state index is 13.0. The molecule has 0 atom stereocenters. The molecule has 0 bridgehead atoms. The Morgan fingerprint density at radius 3 is 2.79 bits per heavy atom. The van der Waals surface area contributed by atoms with Gasteiger partial charge < -0.3 is 15.5 Å². The van der Waals surface area contributed by atoms with E-state index in [9.17, 15) is 4.79 Å². The van der Waals surface area contributed by atoms with E-state index in [-0.39, 0.29) is 11.5 Å². The molecule has 0 saturated heterocycles. The van der Waals surface area contributed by atoms with Gasteiger partial charge in [0.25, 0.3) is 0 Å². The highest BCUT2D eigenvalue weighted by molar-refractivity contribution is 6.04. The predicted octanol–water partition coefficient (Wildman–Crippen LogP) is 5.06. The molecule has 1 aliphatic rings. The fourth-order valence-corrected chi connectivity index (χ4v) is 4.64. The van der Waals surface area contributed by atoms with Crippen LogP contribution in [0.3, 0.4) is 0 Å². The molecule has 3 N–H and O–H groups in total. The summed E-state index contributed by atoms with van der Waals surface area (Å²) in [5.74, 6) is 0.0333. The lowest BCUT2D eigenvalue weighted by atomic mass is 9.79. The second-order valence-electron chi connectivity index (χ2n) is 9.58. The number of esters is 1. The van der Waals surface area contributed by atoms with Crippen LogP contribution in [0.15, 0.2) is 55.0 Å². The number of aromatic amines is 1. The maximum Gasteiger partial charge on any atom is 0.338 e. The second kappa shape index (κ2) is 8.99. The largest absolute Gasteiger partial charge is 0.462 e. The third-order valence-electron chi connectivity index (χ3n) is 6.72. The number of carbonyl (C=O) groups excluding carboxylic acids is 1. The van der Waals surface area contributed by atoms with Crippen LogP contribution in [-0.4, -0.2) is 38.1 Å². The van der Waals surface area contributed by atoms with Gasteiger partial charge in [0.15, 0.2) is 0 Å². The zero-order chi connectivity index (χ0) is 23.7. The first-order valence-corrected chi connectivity index (χ1v) is 11.7. The molecule has 1 fully saturated rings. The van der Waals surface area contributed by atoms with Gasteiger partial charge in [-0.15, -0.1) is 0 Å². The SMILES string of the molecule is Cc1cccc(-c2[nH]cnc2-c2ccc3nccc(C(=O)OC[C@H]4CC[C@](C)(N)CC4)c3c2)n1. The van der Waals surface area contributed by atoms with Crippen molar-refractivity contribution in [3.63, 3.8) is 0 Å². The van der Waals surface area contributed by atoms with Crippen molar-refractivity contribution in [1.29, 1.82) is 0 Å². The van der Waals surface area contributed by atoms with Crippen molar-refractivity contribution >= 4 is 16.9 Å². The average molecular weight is 456 g/mol. The number of H-pyrrole nitrogens is 1. The van der Waals surface area contributed by atoms with Crippen LogP contribution in [0.1, 0.15) is 48.7 Å². The van der Waals surface area contributed by atoms with Crippen molar-refractivity contribution in [2.24, 2.45) is 11.7 Å². The monoisotopic (exact) mass is 455 g/mol. The molecule has 1 aromatic carbocycles. The summed E-state index contributed by atoms with van der Waals surface area (Å²) in [6, 6.07) is 13.4. The fourth-order valence-electron chi connectivity index (χ4n) is 4.64. The lowest BCUT2D eigenvalue weighted by Crippen LogP contribution is -2.40. The summed E-state index contributed by atoms with van der Waals surface area (Å²) < 4.78 is 5.74. The molecule has 5 rings (SSSR count). The van der Waals surface area contributed by atoms with Crippen LogP contribution < -0.4 is 5.73 Å². The fraction of sp³-hybridized carbons (Fsp3) is 0.333. The van der Waals surface area contributed by atoms with Gasteiger partial charge in [-0.3, -0.25) is 9.97 Å². The molecule has 3 heterocycles. The van der Waals surface area contributed by atoms with E-state index in [2.05, 4.69) is 26.9 Å². The van der Waals surface area contributed by atoms with Crippen LogP contribution >= 0.6 is 0 Å². The Labute approximate surface area is 198 Å². The number of benzene rings is 1. The lowest BCUT2D eigenvalue weighted by Gasteiger charge is -2.33. The minimum Gasteiger partial charge on any atom is -0.462 e. The van der Waals surface area contributed by atoms with Crippen LogP contribution in [0.5, 0.6) is 0 Å². The molecule has 1 aliphatic carbocycles. The first-order chi connectivity index (χ1) is 16.4. The van der Waals surface area contributed by atoms with Crippen molar-refractivity contribution in [3.05, 3.63) is 66.2 Å². The van der Waals surface area contributed by atoms with Crippen LogP contribution in [-0.2, 0) is 4.74 Å². The van der Waals surface area contributed by atoms with Gasteiger partial charge >= 0.3 is 5.97 Å². The van der Waals surface area contributed by atoms with E-state index in [0.29, 0.717) is 18.1 Å². The maximum atomic E-state index is 13.0. The second-order valence-corrected chi connectivity index (χ2v) is 9.58. The van der Waals surface area contributed by atoms with E-state index in [1.807, 2.05) is 43.3 Å². The number of nitrogens with zero attached hydrogens (tertiary/aromatic N) is 3. The van der Waals surface area contributed by atoms with Gasteiger partial charge in [0.1, 0.15) is 0 Å². The van der Waals surface area contributed by atoms with E-state index in [0.717, 1.165) is 64.9 Å². The molecule has 0 unspecified atom stereocenters. The van der Waals surface area contributed by atoms with Gasteiger partial charge in [0.2, 0.25) is 0 Å². The third kappa shape index (κ3) is 4.56. The first kappa shape index (κ1) is 22.2. The van der Waals surface area contributed by atoms with Crippen molar-refractivity contribution in [3.8, 4) is 22.6 Å². The van der Waals surface area contributed by atoms with Crippen LogP contribution in [0.2, 0.25) is 0 Å². The van der Waals surface area contributed by atoms with Crippen molar-refractivity contribution in [2.75, 3.05) is 6.61 Å². The Hall–Kier alpha value is -3.58. The molecule has 0 spiro atoms. The Balaban J connectivity index is 1.41. The molecule has 174 valence electrons. The van der Waals surface area contributed by atoms with Crippen molar-refractivity contribution in [2.45, 2.75) is 45.1 Å². The zero-order valence-electron chi connectivity index (χ0n) is 19.5. The number of carbonyl (C=O) groups is 1. The van der Waals surface area contributed by atoms with E-state index in [1.54, 1.807) is 18.6 Å². The predicted molar refractivity (Wildman–Crippen MR) is 132 cm³/mol. The Morgan fingerprint density at radius 1 is 1.18 bits per heavy atom. The van der Waals surface area contributed by atoms with E-state index >= 15 is 0 Å². The van der Waals surface area contributed by atoms with Gasteiger partial charge in [0.05, 0.1) is 41.1 Å². The van der Waals surface area contributed by atoms with E-state index in [4.69, 9.17) is 10.5 Å². The molecular weight excluding hydrogens is 426 g/mol. The Kier molecular flexibility index (Phi) is 5.87. The van der Waals surface area contributed by atoms with Gasteiger partial charge in [0, 0.05) is 28.4 Å². The van der Waals surface area contributed by atoms with Crippen molar-refractivity contribution < 1.29 is 9.53 Å². The number of rotatable bonds is 5. The number of nitrogens with one attached hydrogen (secondary N) is 1. The van der Waals surface area contributed by atoms with Crippen LogP contribution in [0.4, 0.5) is 0 Å². The summed E-state index contributed by atoms with van der Waals surface area (Å²) >= 11 is 0. The highest BCUT2D eigenvalue weighted by Gasteiger charge is 2.28. The minimum atomic E-state index is -0.326. The minimum absolute atomic E-state index is 0.0999. The number of fused-ring (bicyclic) bond motifs is 1. The molecule has 7 heteroatoms. The summed E-state index contributed by atoms with van der Waals surface area (Å²) in [7, 11) is 0. The average Bonchev–Trinajstić information content (AvgIpc) is 3.32. The molecule has 34 heavy (non-hydrogen) atoms. The summed E-state index contributed by atoms with van der Waals surface area (Å²) in [4.78, 5) is 29.9. The topological polar surface area (TPSA) is 107 Å². The normalized spacial score (nSPS) is 20.4. The summed E-state index contributed by atoms with van der Waals surface area (Å²) in [5.41, 5.74) is 11.6. The number of ether oxygens (including phenoxy) is 1. The number of imidazole rings is 1. The molecule has 0 radical (unpaired) electrons. The summed E-state index contributed by atoms with van der Waals surface area (Å²) in [6.45, 7) is 4.47. The zero-order valence-corrected chi connectivity index (χ0v) is 19.5. The van der Waals surface area contributed by atoms with E-state index < -0.39 is 0 Å². The molecule has 4 aromatic rings. The third-order valence-corrected chi connectivity index (χ3v) is 6.72. The van der Waals surface area contributed by atoms with Crippen LogP contribution in [0.25, 0.3) is 33.5 Å². The highest BCUT2D eigenvalue weighted by atomic mass is 16.5. The number of hydrogen-bond donors (Lipinski definition) is 2. The van der Waals surface area contributed by atoms with Gasteiger partial charge in [-0.25, -0.2) is 9.78 Å². The Morgan fingerprint density at radius 2 is 2.00 bits per heavy atom. The smallest absolute Gasteiger partial charge is 0.338 e. The number of aryl methyl sites for hydroxylation is 1. The molecule has 0 aliphatic heterocycles.